The van der Waals surface area contributed by atoms with Gasteiger partial charge in [-0.1, -0.05) is 63.2 Å². The SMILES string of the molecule is CC(Cc1ccc(OCP(=O)(O)CCCOCc2ccccc2)cc1)NCC(O)COc1ccc(O[Si](C)(C)C(C)(C)C)cc1. The Morgan fingerprint density at radius 1 is 0.867 bits per heavy atom. The minimum Gasteiger partial charge on any atom is -0.543 e. The molecule has 8 nitrogen and oxygen atoms in total. The first kappa shape index (κ1) is 36.8. The largest absolute Gasteiger partial charge is 0.543 e. The summed E-state index contributed by atoms with van der Waals surface area (Å²) in [7, 11) is -5.31. The predicted molar refractivity (Wildman–Crippen MR) is 184 cm³/mol. The van der Waals surface area contributed by atoms with Gasteiger partial charge in [0.15, 0.2) is 6.35 Å². The lowest BCUT2D eigenvalue weighted by Crippen LogP contribution is -2.43. The highest BCUT2D eigenvalue weighted by molar-refractivity contribution is 7.57. The second-order valence-electron chi connectivity index (χ2n) is 13.2. The van der Waals surface area contributed by atoms with Crippen LogP contribution in [0.25, 0.3) is 0 Å². The molecule has 0 saturated carbocycles. The highest BCUT2D eigenvalue weighted by atomic mass is 31.2. The monoisotopic (exact) mass is 657 g/mol. The van der Waals surface area contributed by atoms with Crippen LogP contribution < -0.4 is 19.2 Å². The lowest BCUT2D eigenvalue weighted by molar-refractivity contribution is 0.104. The molecule has 0 aliphatic rings. The van der Waals surface area contributed by atoms with Crippen molar-refractivity contribution in [3.63, 3.8) is 0 Å². The van der Waals surface area contributed by atoms with Crippen molar-refractivity contribution in [1.82, 2.24) is 5.32 Å². The Balaban J connectivity index is 1.30. The molecule has 3 unspecified atom stereocenters. The first-order chi connectivity index (χ1) is 21.2. The number of nitrogens with one attached hydrogen (secondary N) is 1. The molecule has 0 aliphatic carbocycles. The molecule has 0 heterocycles. The maximum Gasteiger partial charge on any atom is 0.250 e. The van der Waals surface area contributed by atoms with Crippen molar-refractivity contribution in [1.29, 1.82) is 0 Å². The van der Waals surface area contributed by atoms with Gasteiger partial charge in [-0.3, -0.25) is 4.57 Å². The molecule has 0 bridgehead atoms. The summed E-state index contributed by atoms with van der Waals surface area (Å²) in [6.07, 6.45) is 0.520. The Kier molecular flexibility index (Phi) is 14.2. The molecule has 0 radical (unpaired) electrons. The summed E-state index contributed by atoms with van der Waals surface area (Å²) < 4.78 is 35.8. The highest BCUT2D eigenvalue weighted by Gasteiger charge is 2.38. The van der Waals surface area contributed by atoms with Crippen LogP contribution in [0.15, 0.2) is 78.9 Å². The maximum atomic E-state index is 12.5. The topological polar surface area (TPSA) is 106 Å². The maximum absolute atomic E-state index is 12.5. The van der Waals surface area contributed by atoms with Crippen LogP contribution in [-0.2, 0) is 22.3 Å². The Morgan fingerprint density at radius 2 is 1.47 bits per heavy atom. The minimum atomic E-state index is -3.41. The Bertz CT molecular complexity index is 1310. The molecule has 3 rings (SSSR count). The van der Waals surface area contributed by atoms with Crippen LogP contribution in [0.1, 0.15) is 45.2 Å². The number of hydrogen-bond acceptors (Lipinski definition) is 7. The van der Waals surface area contributed by atoms with Crippen molar-refractivity contribution in [3.05, 3.63) is 90.0 Å². The van der Waals surface area contributed by atoms with Gasteiger partial charge in [-0.2, -0.15) is 0 Å². The number of ether oxygens (including phenoxy) is 3. The van der Waals surface area contributed by atoms with E-state index in [9.17, 15) is 14.6 Å². The minimum absolute atomic E-state index is 0.125. The Morgan fingerprint density at radius 3 is 2.11 bits per heavy atom. The summed E-state index contributed by atoms with van der Waals surface area (Å²) in [5.74, 6) is 2.09. The molecule has 10 heteroatoms. The van der Waals surface area contributed by atoms with Gasteiger partial charge < -0.3 is 34.0 Å². The van der Waals surface area contributed by atoms with E-state index in [1.54, 1.807) is 0 Å². The molecule has 45 heavy (non-hydrogen) atoms. The van der Waals surface area contributed by atoms with Crippen LogP contribution >= 0.6 is 7.37 Å². The van der Waals surface area contributed by atoms with Crippen LogP contribution in [0.4, 0.5) is 0 Å². The molecule has 0 amide bonds. The van der Waals surface area contributed by atoms with E-state index in [-0.39, 0.29) is 30.2 Å². The average Bonchev–Trinajstić information content (AvgIpc) is 2.99. The fraction of sp³-hybridized carbons (Fsp3) is 0.486. The molecule has 248 valence electrons. The van der Waals surface area contributed by atoms with Crippen molar-refractivity contribution >= 4 is 15.7 Å². The lowest BCUT2D eigenvalue weighted by Gasteiger charge is -2.36. The van der Waals surface area contributed by atoms with Crippen molar-refractivity contribution < 1.29 is 33.2 Å². The zero-order valence-corrected chi connectivity index (χ0v) is 29.6. The summed E-state index contributed by atoms with van der Waals surface area (Å²) in [6.45, 7) is 14.6. The van der Waals surface area contributed by atoms with Gasteiger partial charge in [-0.15, -0.1) is 0 Å². The summed E-state index contributed by atoms with van der Waals surface area (Å²) >= 11 is 0. The van der Waals surface area contributed by atoms with Crippen LogP contribution in [0.5, 0.6) is 17.2 Å². The summed E-state index contributed by atoms with van der Waals surface area (Å²) in [4.78, 5) is 10.3. The van der Waals surface area contributed by atoms with Gasteiger partial charge >= 0.3 is 0 Å². The number of aliphatic hydroxyl groups is 1. The molecule has 0 saturated heterocycles. The Labute approximate surface area is 270 Å². The van der Waals surface area contributed by atoms with E-state index >= 15 is 0 Å². The van der Waals surface area contributed by atoms with Crippen LogP contribution in [0, 0.1) is 0 Å². The third kappa shape index (κ3) is 13.7. The van der Waals surface area contributed by atoms with E-state index in [2.05, 4.69) is 46.1 Å². The van der Waals surface area contributed by atoms with E-state index in [1.165, 1.54) is 0 Å². The standard InChI is InChI=1S/C35H52NO7PSi/c1-28(36-24-31(37)26-41-32-17-19-34(20-18-32)43-45(5,6)35(2,3)4)23-29-13-15-33(16-14-29)42-27-44(38,39)22-10-21-40-25-30-11-8-7-9-12-30/h7-9,11-20,28,31,36-37H,10,21-27H2,1-6H3,(H,38,39). The normalized spacial score (nSPS) is 14.8. The molecule has 0 aliphatic heterocycles. The predicted octanol–water partition coefficient (Wildman–Crippen LogP) is 7.24. The van der Waals surface area contributed by atoms with Crippen LogP contribution in [0.3, 0.4) is 0 Å². The van der Waals surface area contributed by atoms with Gasteiger partial charge in [0.1, 0.15) is 30.0 Å². The second kappa shape index (κ2) is 17.3. The smallest absolute Gasteiger partial charge is 0.250 e. The average molecular weight is 658 g/mol. The zero-order valence-electron chi connectivity index (χ0n) is 27.7. The fourth-order valence-electron chi connectivity index (χ4n) is 4.21. The van der Waals surface area contributed by atoms with Crippen molar-refractivity contribution in [3.8, 4) is 17.2 Å². The molecule has 0 spiro atoms. The summed E-state index contributed by atoms with van der Waals surface area (Å²) in [5, 5.41) is 13.9. The number of benzene rings is 3. The first-order valence-corrected chi connectivity index (χ1v) is 20.6. The molecule has 0 aromatic heterocycles. The third-order valence-corrected chi connectivity index (χ3v) is 13.9. The number of hydrogen-bond donors (Lipinski definition) is 3. The lowest BCUT2D eigenvalue weighted by atomic mass is 10.1. The second-order valence-corrected chi connectivity index (χ2v) is 20.3. The van der Waals surface area contributed by atoms with Gasteiger partial charge in [-0.05, 0) is 85.4 Å². The van der Waals surface area contributed by atoms with Crippen molar-refractivity contribution in [2.45, 2.75) is 77.4 Å². The van der Waals surface area contributed by atoms with E-state index in [0.29, 0.717) is 37.7 Å². The molecule has 3 atom stereocenters. The van der Waals surface area contributed by atoms with E-state index in [0.717, 1.165) is 23.3 Å². The molecule has 3 N–H and O–H groups in total. The molecule has 0 fully saturated rings. The number of aliphatic hydroxyl groups excluding tert-OH is 1. The first-order valence-electron chi connectivity index (χ1n) is 15.7. The molecular formula is C35H52NO7PSi. The quantitative estimate of drug-likeness (QED) is 0.0704. The third-order valence-electron chi connectivity index (χ3n) is 7.95. The Hall–Kier alpha value is -2.65. The summed E-state index contributed by atoms with van der Waals surface area (Å²) in [6, 6.07) is 25.1. The molecule has 3 aromatic carbocycles. The molecular weight excluding hydrogens is 605 g/mol. The summed E-state index contributed by atoms with van der Waals surface area (Å²) in [5.41, 5.74) is 2.17. The molecule has 3 aromatic rings. The van der Waals surface area contributed by atoms with Gasteiger partial charge in [0, 0.05) is 25.4 Å². The van der Waals surface area contributed by atoms with Gasteiger partial charge in [0.05, 0.1) is 6.61 Å². The van der Waals surface area contributed by atoms with Crippen LogP contribution in [-0.4, -0.2) is 62.7 Å². The van der Waals surface area contributed by atoms with E-state index in [1.807, 2.05) is 78.9 Å². The zero-order chi connectivity index (χ0) is 32.9. The number of rotatable bonds is 19. The van der Waals surface area contributed by atoms with Crippen LogP contribution in [0.2, 0.25) is 18.1 Å². The van der Waals surface area contributed by atoms with E-state index in [4.69, 9.17) is 18.6 Å². The highest BCUT2D eigenvalue weighted by Crippen LogP contribution is 2.41. The van der Waals surface area contributed by atoms with Gasteiger partial charge in [0.25, 0.3) is 0 Å². The fourth-order valence-corrected chi connectivity index (χ4v) is 6.34. The van der Waals surface area contributed by atoms with E-state index < -0.39 is 21.8 Å². The van der Waals surface area contributed by atoms with Gasteiger partial charge in [0.2, 0.25) is 15.7 Å². The van der Waals surface area contributed by atoms with Crippen molar-refractivity contribution in [2.75, 3.05) is 32.3 Å². The van der Waals surface area contributed by atoms with Gasteiger partial charge in [-0.25, -0.2) is 0 Å². The van der Waals surface area contributed by atoms with Crippen molar-refractivity contribution in [2.24, 2.45) is 0 Å².